The summed E-state index contributed by atoms with van der Waals surface area (Å²) in [6, 6.07) is 5.49. The Balaban J connectivity index is 2.80. The molecule has 0 aliphatic heterocycles. The Morgan fingerprint density at radius 1 is 1.50 bits per heavy atom. The van der Waals surface area contributed by atoms with Crippen molar-refractivity contribution in [1.82, 2.24) is 10.2 Å². The van der Waals surface area contributed by atoms with Crippen LogP contribution in [0.1, 0.15) is 0 Å². The van der Waals surface area contributed by atoms with Gasteiger partial charge in [-0.05, 0) is 28.7 Å². The minimum atomic E-state index is 0.630. The molecule has 1 N–H and O–H groups in total. The predicted molar refractivity (Wildman–Crippen MR) is 55.1 cm³/mol. The van der Waals surface area contributed by atoms with Crippen LogP contribution in [0.4, 0.5) is 5.69 Å². The predicted octanol–water partition coefficient (Wildman–Crippen LogP) is 2.72. The fourth-order valence-corrected chi connectivity index (χ4v) is 1.61. The summed E-state index contributed by atoms with van der Waals surface area (Å²) in [7, 11) is 0. The number of rotatable bonds is 0. The van der Waals surface area contributed by atoms with Gasteiger partial charge in [0.25, 0.3) is 0 Å². The van der Waals surface area contributed by atoms with Gasteiger partial charge in [0.15, 0.2) is 5.69 Å². The zero-order chi connectivity index (χ0) is 8.55. The molecule has 0 fully saturated rings. The van der Waals surface area contributed by atoms with E-state index in [0.29, 0.717) is 5.69 Å². The molecule has 0 saturated carbocycles. The van der Waals surface area contributed by atoms with Crippen LogP contribution in [0.3, 0.4) is 0 Å². The number of nitrogens with one attached hydrogen (secondary N) is 1. The molecule has 3 nitrogen and oxygen atoms in total. The molecule has 0 spiro atoms. The highest BCUT2D eigenvalue weighted by molar-refractivity contribution is 14.1. The molecule has 0 aliphatic rings. The fourth-order valence-electron chi connectivity index (χ4n) is 1.04. The molecular formula is C8H4IN3. The topological polar surface area (TPSA) is 33.0 Å². The van der Waals surface area contributed by atoms with E-state index in [9.17, 15) is 0 Å². The maximum Gasteiger partial charge on any atom is 0.189 e. The highest BCUT2D eigenvalue weighted by atomic mass is 127. The second-order valence-corrected chi connectivity index (χ2v) is 3.43. The Morgan fingerprint density at radius 2 is 2.33 bits per heavy atom. The summed E-state index contributed by atoms with van der Waals surface area (Å²) in [4.78, 5) is 3.32. The SMILES string of the molecule is [C-]#[N+]c1ccc2c(I)[nH]nc2c1. The molecule has 0 amide bonds. The van der Waals surface area contributed by atoms with Crippen molar-refractivity contribution in [2.24, 2.45) is 0 Å². The third-order valence-corrected chi connectivity index (χ3v) is 2.44. The van der Waals surface area contributed by atoms with E-state index in [4.69, 9.17) is 6.57 Å². The third kappa shape index (κ3) is 1.06. The normalized spacial score (nSPS) is 10.0. The summed E-state index contributed by atoms with van der Waals surface area (Å²) in [6.45, 7) is 6.81. The third-order valence-electron chi connectivity index (χ3n) is 1.62. The van der Waals surface area contributed by atoms with Gasteiger partial charge in [0, 0.05) is 5.39 Å². The fraction of sp³-hybridized carbons (Fsp3) is 0. The van der Waals surface area contributed by atoms with Gasteiger partial charge in [-0.3, -0.25) is 5.10 Å². The first-order chi connectivity index (χ1) is 5.81. The first-order valence-electron chi connectivity index (χ1n) is 3.32. The van der Waals surface area contributed by atoms with Crippen LogP contribution in [0.5, 0.6) is 0 Å². The van der Waals surface area contributed by atoms with E-state index in [0.717, 1.165) is 14.6 Å². The lowest BCUT2D eigenvalue weighted by Gasteiger charge is -1.88. The Hall–Kier alpha value is -1.09. The van der Waals surface area contributed by atoms with Crippen molar-refractivity contribution < 1.29 is 0 Å². The molecular weight excluding hydrogens is 265 g/mol. The summed E-state index contributed by atoms with van der Waals surface area (Å²) in [5, 5.41) is 7.98. The van der Waals surface area contributed by atoms with Gasteiger partial charge in [-0.15, -0.1) is 0 Å². The van der Waals surface area contributed by atoms with Crippen LogP contribution in [-0.2, 0) is 0 Å². The average molecular weight is 269 g/mol. The van der Waals surface area contributed by atoms with Gasteiger partial charge >= 0.3 is 0 Å². The van der Waals surface area contributed by atoms with Gasteiger partial charge in [-0.2, -0.15) is 5.10 Å². The highest BCUT2D eigenvalue weighted by Crippen LogP contribution is 2.22. The molecule has 58 valence electrons. The van der Waals surface area contributed by atoms with Gasteiger partial charge in [0.1, 0.15) is 3.70 Å². The Kier molecular flexibility index (Phi) is 1.73. The van der Waals surface area contributed by atoms with Crippen molar-refractivity contribution in [1.29, 1.82) is 0 Å². The quantitative estimate of drug-likeness (QED) is 0.579. The monoisotopic (exact) mass is 269 g/mol. The van der Waals surface area contributed by atoms with Crippen molar-refractivity contribution in [3.8, 4) is 0 Å². The summed E-state index contributed by atoms with van der Waals surface area (Å²) < 4.78 is 1.01. The second kappa shape index (κ2) is 2.75. The first kappa shape index (κ1) is 7.55. The zero-order valence-electron chi connectivity index (χ0n) is 6.00. The summed E-state index contributed by atoms with van der Waals surface area (Å²) in [5.41, 5.74) is 1.48. The molecule has 0 aliphatic carbocycles. The Morgan fingerprint density at radius 3 is 3.08 bits per heavy atom. The van der Waals surface area contributed by atoms with Crippen molar-refractivity contribution >= 4 is 39.2 Å². The maximum atomic E-state index is 6.81. The number of fused-ring (bicyclic) bond motifs is 1. The number of nitrogens with zero attached hydrogens (tertiary/aromatic N) is 2. The lowest BCUT2D eigenvalue weighted by atomic mass is 10.2. The van der Waals surface area contributed by atoms with Gasteiger partial charge < -0.3 is 0 Å². The van der Waals surface area contributed by atoms with Crippen LogP contribution >= 0.6 is 22.6 Å². The number of benzene rings is 1. The molecule has 0 radical (unpaired) electrons. The molecule has 4 heteroatoms. The van der Waals surface area contributed by atoms with Gasteiger partial charge in [0.2, 0.25) is 0 Å². The van der Waals surface area contributed by atoms with Crippen LogP contribution < -0.4 is 0 Å². The van der Waals surface area contributed by atoms with E-state index in [1.165, 1.54) is 0 Å². The van der Waals surface area contributed by atoms with E-state index in [2.05, 4.69) is 37.6 Å². The number of aromatic nitrogens is 2. The Bertz CT molecular complexity index is 467. The lowest BCUT2D eigenvalue weighted by Crippen LogP contribution is -1.67. The standard InChI is InChI=1S/C8H4IN3/c1-10-5-2-3-6-7(4-5)11-12-8(6)9/h2-4H,(H,11,12). The van der Waals surface area contributed by atoms with Gasteiger partial charge in [0.05, 0.1) is 12.1 Å². The minimum absolute atomic E-state index is 0.630. The van der Waals surface area contributed by atoms with E-state index in [-0.39, 0.29) is 0 Å². The summed E-state index contributed by atoms with van der Waals surface area (Å²) in [5.74, 6) is 0. The largest absolute Gasteiger partial charge is 0.271 e. The van der Waals surface area contributed by atoms with Crippen LogP contribution in [-0.4, -0.2) is 10.2 Å². The minimum Gasteiger partial charge on any atom is -0.271 e. The Labute approximate surface area is 82.7 Å². The van der Waals surface area contributed by atoms with Crippen molar-refractivity contribution in [3.63, 3.8) is 0 Å². The zero-order valence-corrected chi connectivity index (χ0v) is 8.16. The van der Waals surface area contributed by atoms with E-state index >= 15 is 0 Å². The van der Waals surface area contributed by atoms with E-state index < -0.39 is 0 Å². The molecule has 0 saturated heterocycles. The number of hydrogen-bond acceptors (Lipinski definition) is 1. The van der Waals surface area contributed by atoms with Crippen LogP contribution in [0.25, 0.3) is 15.7 Å². The molecule has 0 unspecified atom stereocenters. The molecule has 1 aromatic carbocycles. The van der Waals surface area contributed by atoms with E-state index in [1.54, 1.807) is 12.1 Å². The first-order valence-corrected chi connectivity index (χ1v) is 4.40. The average Bonchev–Trinajstić information content (AvgIpc) is 2.47. The number of H-pyrrole nitrogens is 1. The van der Waals surface area contributed by atoms with Crippen molar-refractivity contribution in [3.05, 3.63) is 33.3 Å². The molecule has 2 rings (SSSR count). The van der Waals surface area contributed by atoms with Crippen LogP contribution in [0.15, 0.2) is 18.2 Å². The molecule has 0 bridgehead atoms. The van der Waals surface area contributed by atoms with Crippen LogP contribution in [0, 0.1) is 10.3 Å². The second-order valence-electron chi connectivity index (χ2n) is 2.35. The van der Waals surface area contributed by atoms with Crippen molar-refractivity contribution in [2.75, 3.05) is 0 Å². The van der Waals surface area contributed by atoms with Gasteiger partial charge in [-0.1, -0.05) is 12.1 Å². The molecule has 12 heavy (non-hydrogen) atoms. The molecule has 1 heterocycles. The smallest absolute Gasteiger partial charge is 0.189 e. The van der Waals surface area contributed by atoms with Gasteiger partial charge in [-0.25, -0.2) is 4.85 Å². The summed E-state index contributed by atoms with van der Waals surface area (Å²) >= 11 is 2.18. The van der Waals surface area contributed by atoms with E-state index in [1.807, 2.05) is 6.07 Å². The lowest BCUT2D eigenvalue weighted by molar-refractivity contribution is 1.09. The number of hydrogen-bond donors (Lipinski definition) is 1. The number of halogens is 1. The summed E-state index contributed by atoms with van der Waals surface area (Å²) in [6.07, 6.45) is 0. The number of aromatic amines is 1. The molecule has 1 aromatic heterocycles. The van der Waals surface area contributed by atoms with Crippen molar-refractivity contribution in [2.45, 2.75) is 0 Å². The molecule has 2 aromatic rings. The van der Waals surface area contributed by atoms with Crippen LogP contribution in [0.2, 0.25) is 0 Å². The maximum absolute atomic E-state index is 6.81. The highest BCUT2D eigenvalue weighted by Gasteiger charge is 2.01. The molecule has 0 atom stereocenters.